The number of nitrogens with two attached hydrogens (primary N) is 1. The fourth-order valence-electron chi connectivity index (χ4n) is 1.57. The Kier molecular flexibility index (Phi) is 4.95. The summed E-state index contributed by atoms with van der Waals surface area (Å²) in [5.41, 5.74) is 6.67. The van der Waals surface area contributed by atoms with Gasteiger partial charge in [-0.1, -0.05) is 42.1 Å². The van der Waals surface area contributed by atoms with Crippen molar-refractivity contribution in [3.05, 3.63) is 36.4 Å². The van der Waals surface area contributed by atoms with E-state index in [0.29, 0.717) is 23.3 Å². The zero-order valence-electron chi connectivity index (χ0n) is 11.1. The van der Waals surface area contributed by atoms with Crippen molar-refractivity contribution in [2.45, 2.75) is 11.9 Å². The number of rotatable bonds is 5. The van der Waals surface area contributed by atoms with E-state index in [1.54, 1.807) is 13.0 Å². The number of thioether (sulfide) groups is 1. The minimum atomic E-state index is -0.268. The molecular formula is C14H15N3O2S. The van der Waals surface area contributed by atoms with E-state index in [4.69, 9.17) is 10.5 Å². The molecule has 1 heterocycles. The van der Waals surface area contributed by atoms with Gasteiger partial charge >= 0.3 is 5.97 Å². The molecule has 0 fully saturated rings. The van der Waals surface area contributed by atoms with Gasteiger partial charge in [0, 0.05) is 11.6 Å². The number of carbonyl (C=O) groups is 1. The molecule has 0 unspecified atom stereocenters. The smallest absolute Gasteiger partial charge is 0.316 e. The van der Waals surface area contributed by atoms with E-state index in [-0.39, 0.29) is 11.7 Å². The van der Waals surface area contributed by atoms with Crippen molar-refractivity contribution in [1.82, 2.24) is 9.97 Å². The van der Waals surface area contributed by atoms with Crippen molar-refractivity contribution in [3.8, 4) is 11.4 Å². The van der Waals surface area contributed by atoms with Crippen LogP contribution in [0.1, 0.15) is 6.92 Å². The van der Waals surface area contributed by atoms with Crippen molar-refractivity contribution < 1.29 is 9.53 Å². The number of benzene rings is 1. The maximum atomic E-state index is 11.3. The first-order valence-corrected chi connectivity index (χ1v) is 7.16. The Labute approximate surface area is 121 Å². The molecule has 0 aliphatic heterocycles. The second kappa shape index (κ2) is 6.91. The molecule has 1 aromatic carbocycles. The van der Waals surface area contributed by atoms with Crippen LogP contribution in [0.3, 0.4) is 0 Å². The topological polar surface area (TPSA) is 78.1 Å². The first kappa shape index (κ1) is 14.3. The average molecular weight is 289 g/mol. The van der Waals surface area contributed by atoms with Crippen LogP contribution >= 0.6 is 11.8 Å². The minimum absolute atomic E-state index is 0.207. The zero-order valence-corrected chi connectivity index (χ0v) is 11.9. The predicted octanol–water partition coefficient (Wildman–Crippen LogP) is 2.38. The Morgan fingerprint density at radius 3 is 2.75 bits per heavy atom. The molecule has 5 nitrogen and oxygen atoms in total. The summed E-state index contributed by atoms with van der Waals surface area (Å²) in [4.78, 5) is 19.9. The molecule has 2 aromatic rings. The van der Waals surface area contributed by atoms with Crippen LogP contribution in [0, 0.1) is 0 Å². The number of hydrogen-bond acceptors (Lipinski definition) is 6. The summed E-state index contributed by atoms with van der Waals surface area (Å²) in [6.45, 7) is 2.15. The molecule has 0 amide bonds. The van der Waals surface area contributed by atoms with Gasteiger partial charge in [0.25, 0.3) is 0 Å². The summed E-state index contributed by atoms with van der Waals surface area (Å²) in [5.74, 6) is 0.872. The Morgan fingerprint density at radius 2 is 2.05 bits per heavy atom. The first-order valence-electron chi connectivity index (χ1n) is 6.17. The Hall–Kier alpha value is -2.08. The van der Waals surface area contributed by atoms with Gasteiger partial charge in [-0.15, -0.1) is 0 Å². The fraction of sp³-hybridized carbons (Fsp3) is 0.214. The van der Waals surface area contributed by atoms with E-state index in [0.717, 1.165) is 5.56 Å². The molecule has 2 N–H and O–H groups in total. The number of carbonyl (C=O) groups excluding carboxylic acids is 1. The van der Waals surface area contributed by atoms with Crippen LogP contribution < -0.4 is 5.73 Å². The number of nitrogens with zero attached hydrogens (tertiary/aromatic N) is 2. The van der Waals surface area contributed by atoms with Crippen molar-refractivity contribution >= 4 is 23.5 Å². The molecule has 0 spiro atoms. The SMILES string of the molecule is CCOC(=O)CSc1cc(N)nc(-c2ccccc2)n1. The van der Waals surface area contributed by atoms with Crippen LogP contribution in [0.25, 0.3) is 11.4 Å². The standard InChI is InChI=1S/C14H15N3O2S/c1-2-19-13(18)9-20-12-8-11(15)16-14(17-12)10-6-4-3-5-7-10/h3-8H,2,9H2,1H3,(H2,15,16,17). The van der Waals surface area contributed by atoms with E-state index >= 15 is 0 Å². The van der Waals surface area contributed by atoms with Gasteiger partial charge in [-0.05, 0) is 6.92 Å². The molecule has 1 aromatic heterocycles. The predicted molar refractivity (Wildman–Crippen MR) is 79.2 cm³/mol. The first-order chi connectivity index (χ1) is 9.69. The second-order valence-electron chi connectivity index (χ2n) is 3.91. The van der Waals surface area contributed by atoms with E-state index in [9.17, 15) is 4.79 Å². The molecular weight excluding hydrogens is 274 g/mol. The van der Waals surface area contributed by atoms with Gasteiger partial charge in [-0.2, -0.15) is 0 Å². The summed E-state index contributed by atoms with van der Waals surface area (Å²) in [7, 11) is 0. The summed E-state index contributed by atoms with van der Waals surface area (Å²) >= 11 is 1.29. The molecule has 0 radical (unpaired) electrons. The number of nitrogen functional groups attached to an aromatic ring is 1. The van der Waals surface area contributed by atoms with E-state index in [1.807, 2.05) is 30.3 Å². The van der Waals surface area contributed by atoms with Crippen molar-refractivity contribution in [2.24, 2.45) is 0 Å². The minimum Gasteiger partial charge on any atom is -0.465 e. The van der Waals surface area contributed by atoms with Crippen LogP contribution in [0.15, 0.2) is 41.4 Å². The molecule has 0 aliphatic rings. The van der Waals surface area contributed by atoms with Gasteiger partial charge in [0.2, 0.25) is 0 Å². The highest BCUT2D eigenvalue weighted by molar-refractivity contribution is 7.99. The molecule has 0 aliphatic carbocycles. The van der Waals surface area contributed by atoms with Gasteiger partial charge in [0.05, 0.1) is 12.4 Å². The third-order valence-corrected chi connectivity index (χ3v) is 3.28. The van der Waals surface area contributed by atoms with Crippen LogP contribution in [0.5, 0.6) is 0 Å². The highest BCUT2D eigenvalue weighted by atomic mass is 32.2. The number of ether oxygens (including phenoxy) is 1. The number of aromatic nitrogens is 2. The molecule has 0 saturated heterocycles. The highest BCUT2D eigenvalue weighted by Crippen LogP contribution is 2.22. The van der Waals surface area contributed by atoms with E-state index < -0.39 is 0 Å². The quantitative estimate of drug-likeness (QED) is 0.517. The summed E-state index contributed by atoms with van der Waals surface area (Å²) in [5, 5.41) is 0.657. The third kappa shape index (κ3) is 3.96. The van der Waals surface area contributed by atoms with Crippen molar-refractivity contribution in [3.63, 3.8) is 0 Å². The lowest BCUT2D eigenvalue weighted by Gasteiger charge is -2.05. The molecule has 6 heteroatoms. The van der Waals surface area contributed by atoms with Crippen molar-refractivity contribution in [1.29, 1.82) is 0 Å². The fourth-order valence-corrected chi connectivity index (χ4v) is 2.27. The summed E-state index contributed by atoms with van der Waals surface area (Å²) in [6, 6.07) is 11.2. The lowest BCUT2D eigenvalue weighted by molar-refractivity contribution is -0.139. The Balaban J connectivity index is 2.15. The van der Waals surface area contributed by atoms with Crippen LogP contribution in [-0.4, -0.2) is 28.3 Å². The summed E-state index contributed by atoms with van der Waals surface area (Å²) < 4.78 is 4.87. The molecule has 0 atom stereocenters. The summed E-state index contributed by atoms with van der Waals surface area (Å²) in [6.07, 6.45) is 0. The van der Waals surface area contributed by atoms with Crippen LogP contribution in [-0.2, 0) is 9.53 Å². The number of hydrogen-bond donors (Lipinski definition) is 1. The molecule has 0 bridgehead atoms. The van der Waals surface area contributed by atoms with E-state index in [2.05, 4.69) is 9.97 Å². The number of esters is 1. The maximum Gasteiger partial charge on any atom is 0.316 e. The van der Waals surface area contributed by atoms with Crippen LogP contribution in [0.4, 0.5) is 5.82 Å². The molecule has 20 heavy (non-hydrogen) atoms. The van der Waals surface area contributed by atoms with Gasteiger partial charge in [-0.25, -0.2) is 9.97 Å². The second-order valence-corrected chi connectivity index (χ2v) is 4.91. The lowest BCUT2D eigenvalue weighted by atomic mass is 10.2. The van der Waals surface area contributed by atoms with Crippen molar-refractivity contribution in [2.75, 3.05) is 18.1 Å². The average Bonchev–Trinajstić information content (AvgIpc) is 2.46. The van der Waals surface area contributed by atoms with Crippen LogP contribution in [0.2, 0.25) is 0 Å². The Morgan fingerprint density at radius 1 is 1.30 bits per heavy atom. The molecule has 2 rings (SSSR count). The van der Waals surface area contributed by atoms with Gasteiger partial charge in [0.1, 0.15) is 10.8 Å². The van der Waals surface area contributed by atoms with Gasteiger partial charge in [-0.3, -0.25) is 4.79 Å². The largest absolute Gasteiger partial charge is 0.465 e. The van der Waals surface area contributed by atoms with Gasteiger partial charge in [0.15, 0.2) is 5.82 Å². The monoisotopic (exact) mass is 289 g/mol. The van der Waals surface area contributed by atoms with Gasteiger partial charge < -0.3 is 10.5 Å². The van der Waals surface area contributed by atoms with E-state index in [1.165, 1.54) is 11.8 Å². The Bertz CT molecular complexity index is 590. The lowest BCUT2D eigenvalue weighted by Crippen LogP contribution is -2.07. The third-order valence-electron chi connectivity index (χ3n) is 2.40. The highest BCUT2D eigenvalue weighted by Gasteiger charge is 2.08. The molecule has 0 saturated carbocycles. The number of anilines is 1. The molecule has 104 valence electrons. The zero-order chi connectivity index (χ0) is 14.4. The maximum absolute atomic E-state index is 11.3. The normalized spacial score (nSPS) is 10.2.